The first kappa shape index (κ1) is 20.9. The fourth-order valence-electron chi connectivity index (χ4n) is 4.34. The lowest BCUT2D eigenvalue weighted by atomic mass is 9.67. The number of hydrogen-bond donors (Lipinski definition) is 1. The predicted molar refractivity (Wildman–Crippen MR) is 129 cm³/mol. The quantitative estimate of drug-likeness (QED) is 0.346. The van der Waals surface area contributed by atoms with Crippen LogP contribution in [0.4, 0.5) is 0 Å². The third-order valence-corrected chi connectivity index (χ3v) is 5.90. The van der Waals surface area contributed by atoms with Gasteiger partial charge in [0, 0.05) is 5.41 Å². The van der Waals surface area contributed by atoms with Gasteiger partial charge in [-0.25, -0.2) is 0 Å². The molecular weight excluding hydrogens is 378 g/mol. The fourth-order valence-corrected chi connectivity index (χ4v) is 4.34. The first-order valence-corrected chi connectivity index (χ1v) is 10.9. The molecule has 0 amide bonds. The highest BCUT2D eigenvalue weighted by Gasteiger charge is 2.36. The van der Waals surface area contributed by atoms with E-state index in [2.05, 4.69) is 103 Å². The van der Waals surface area contributed by atoms with E-state index in [1.165, 1.54) is 22.3 Å². The van der Waals surface area contributed by atoms with Crippen LogP contribution in [0.5, 0.6) is 5.75 Å². The molecule has 0 aliphatic rings. The number of ether oxygens (including phenoxy) is 1. The molecule has 0 radical (unpaired) electrons. The van der Waals surface area contributed by atoms with Crippen LogP contribution >= 0.6 is 0 Å². The van der Waals surface area contributed by atoms with Gasteiger partial charge in [0.05, 0.1) is 6.61 Å². The maximum Gasteiger partial charge on any atom is 0.119 e. The standard InChI is InChI=1S/C29H29NO/c30-22-20-24-16-18-28(19-17-24)31-23-21-29(25-10-4-1-5-11-25,26-12-6-2-7-13-26)27-14-8-3-9-15-27/h1-19H,20-23,30H2. The van der Waals surface area contributed by atoms with Gasteiger partial charge in [-0.1, -0.05) is 103 Å². The van der Waals surface area contributed by atoms with Gasteiger partial charge in [-0.3, -0.25) is 0 Å². The second-order valence-electron chi connectivity index (χ2n) is 7.78. The molecule has 0 bridgehead atoms. The van der Waals surface area contributed by atoms with E-state index >= 15 is 0 Å². The third-order valence-electron chi connectivity index (χ3n) is 5.90. The van der Waals surface area contributed by atoms with Crippen molar-refractivity contribution < 1.29 is 4.74 Å². The topological polar surface area (TPSA) is 35.2 Å². The minimum atomic E-state index is -0.288. The summed E-state index contributed by atoms with van der Waals surface area (Å²) in [5.74, 6) is 0.892. The van der Waals surface area contributed by atoms with Crippen LogP contribution in [-0.4, -0.2) is 13.2 Å². The summed E-state index contributed by atoms with van der Waals surface area (Å²) >= 11 is 0. The molecule has 31 heavy (non-hydrogen) atoms. The number of hydrogen-bond acceptors (Lipinski definition) is 2. The molecule has 4 aromatic carbocycles. The minimum absolute atomic E-state index is 0.288. The van der Waals surface area contributed by atoms with Crippen molar-refractivity contribution in [2.45, 2.75) is 18.3 Å². The molecule has 0 atom stereocenters. The van der Waals surface area contributed by atoms with E-state index in [0.717, 1.165) is 18.6 Å². The molecule has 2 heteroatoms. The van der Waals surface area contributed by atoms with E-state index in [4.69, 9.17) is 10.5 Å². The zero-order chi connectivity index (χ0) is 21.4. The van der Waals surface area contributed by atoms with Gasteiger partial charge in [0.2, 0.25) is 0 Å². The van der Waals surface area contributed by atoms with Crippen LogP contribution in [0.25, 0.3) is 0 Å². The van der Waals surface area contributed by atoms with Gasteiger partial charge in [-0.2, -0.15) is 0 Å². The van der Waals surface area contributed by atoms with Crippen LogP contribution in [0.15, 0.2) is 115 Å². The van der Waals surface area contributed by atoms with Crippen molar-refractivity contribution in [3.8, 4) is 5.75 Å². The molecular formula is C29H29NO. The maximum atomic E-state index is 6.23. The van der Waals surface area contributed by atoms with Crippen molar-refractivity contribution >= 4 is 0 Å². The molecule has 156 valence electrons. The van der Waals surface area contributed by atoms with E-state index in [1.54, 1.807) is 0 Å². The van der Waals surface area contributed by atoms with E-state index < -0.39 is 0 Å². The van der Waals surface area contributed by atoms with Gasteiger partial charge >= 0.3 is 0 Å². The Labute approximate surface area is 185 Å². The summed E-state index contributed by atoms with van der Waals surface area (Å²) in [5, 5.41) is 0. The summed E-state index contributed by atoms with van der Waals surface area (Å²) < 4.78 is 6.23. The largest absolute Gasteiger partial charge is 0.494 e. The highest BCUT2D eigenvalue weighted by Crippen LogP contribution is 2.42. The van der Waals surface area contributed by atoms with Crippen molar-refractivity contribution in [3.63, 3.8) is 0 Å². The minimum Gasteiger partial charge on any atom is -0.494 e. The lowest BCUT2D eigenvalue weighted by molar-refractivity contribution is 0.286. The van der Waals surface area contributed by atoms with Gasteiger partial charge < -0.3 is 10.5 Å². The van der Waals surface area contributed by atoms with Crippen LogP contribution < -0.4 is 10.5 Å². The van der Waals surface area contributed by atoms with E-state index in [0.29, 0.717) is 13.2 Å². The summed E-state index contributed by atoms with van der Waals surface area (Å²) in [6.45, 7) is 1.27. The molecule has 0 spiro atoms. The molecule has 0 unspecified atom stereocenters. The van der Waals surface area contributed by atoms with E-state index in [9.17, 15) is 0 Å². The Morgan fingerprint density at radius 1 is 0.581 bits per heavy atom. The Kier molecular flexibility index (Phi) is 6.81. The fraction of sp³-hybridized carbons (Fsp3) is 0.172. The molecule has 0 saturated carbocycles. The maximum absolute atomic E-state index is 6.23. The second kappa shape index (κ2) is 10.1. The van der Waals surface area contributed by atoms with Gasteiger partial charge in [-0.05, 0) is 53.8 Å². The summed E-state index contributed by atoms with van der Waals surface area (Å²) in [5.41, 5.74) is 10.4. The highest BCUT2D eigenvalue weighted by atomic mass is 16.5. The molecule has 0 aliphatic carbocycles. The first-order chi connectivity index (χ1) is 15.3. The van der Waals surface area contributed by atoms with Gasteiger partial charge in [0.1, 0.15) is 5.75 Å². The molecule has 2 nitrogen and oxygen atoms in total. The SMILES string of the molecule is NCCc1ccc(OCCC(c2ccccc2)(c2ccccc2)c2ccccc2)cc1. The van der Waals surface area contributed by atoms with E-state index in [1.807, 2.05) is 12.1 Å². The Morgan fingerprint density at radius 3 is 1.45 bits per heavy atom. The van der Waals surface area contributed by atoms with Crippen LogP contribution in [-0.2, 0) is 11.8 Å². The van der Waals surface area contributed by atoms with Crippen molar-refractivity contribution in [3.05, 3.63) is 138 Å². The van der Waals surface area contributed by atoms with Crippen molar-refractivity contribution in [2.24, 2.45) is 5.73 Å². The number of benzene rings is 4. The average Bonchev–Trinajstić information content (AvgIpc) is 2.85. The van der Waals surface area contributed by atoms with E-state index in [-0.39, 0.29) is 5.41 Å². The zero-order valence-corrected chi connectivity index (χ0v) is 17.8. The van der Waals surface area contributed by atoms with Crippen molar-refractivity contribution in [2.75, 3.05) is 13.2 Å². The molecule has 0 heterocycles. The normalized spacial score (nSPS) is 11.3. The molecule has 4 rings (SSSR count). The summed E-state index contributed by atoms with van der Waals surface area (Å²) in [6, 6.07) is 40.6. The van der Waals surface area contributed by atoms with Gasteiger partial charge in [0.15, 0.2) is 0 Å². The second-order valence-corrected chi connectivity index (χ2v) is 7.78. The number of rotatable bonds is 9. The van der Waals surface area contributed by atoms with Gasteiger partial charge in [-0.15, -0.1) is 0 Å². The molecule has 0 aliphatic heterocycles. The predicted octanol–water partition coefficient (Wildman–Crippen LogP) is 5.99. The van der Waals surface area contributed by atoms with Crippen LogP contribution in [0.1, 0.15) is 28.7 Å². The third kappa shape index (κ3) is 4.70. The number of nitrogens with two attached hydrogens (primary N) is 1. The zero-order valence-electron chi connectivity index (χ0n) is 17.8. The Morgan fingerprint density at radius 2 is 1.03 bits per heavy atom. The Balaban J connectivity index is 1.68. The van der Waals surface area contributed by atoms with Crippen molar-refractivity contribution in [1.82, 2.24) is 0 Å². The summed E-state index contributed by atoms with van der Waals surface area (Å²) in [6.07, 6.45) is 1.72. The lowest BCUT2D eigenvalue weighted by Crippen LogP contribution is -2.31. The first-order valence-electron chi connectivity index (χ1n) is 10.9. The van der Waals surface area contributed by atoms with Crippen molar-refractivity contribution in [1.29, 1.82) is 0 Å². The molecule has 2 N–H and O–H groups in total. The molecule has 0 saturated heterocycles. The molecule has 0 fully saturated rings. The summed E-state index contributed by atoms with van der Waals surface area (Å²) in [7, 11) is 0. The smallest absolute Gasteiger partial charge is 0.119 e. The van der Waals surface area contributed by atoms with Gasteiger partial charge in [0.25, 0.3) is 0 Å². The average molecular weight is 408 g/mol. The molecule has 4 aromatic rings. The van der Waals surface area contributed by atoms with Crippen LogP contribution in [0.2, 0.25) is 0 Å². The molecule has 0 aromatic heterocycles. The van der Waals surface area contributed by atoms with Crippen LogP contribution in [0, 0.1) is 0 Å². The lowest BCUT2D eigenvalue weighted by Gasteiger charge is -2.36. The Hall–Kier alpha value is -3.36. The summed E-state index contributed by atoms with van der Waals surface area (Å²) in [4.78, 5) is 0. The Bertz CT molecular complexity index is 948. The highest BCUT2D eigenvalue weighted by molar-refractivity contribution is 5.50. The monoisotopic (exact) mass is 407 g/mol. The van der Waals surface area contributed by atoms with Crippen LogP contribution in [0.3, 0.4) is 0 Å².